The number of thioether (sulfide) groups is 1. The van der Waals surface area contributed by atoms with Crippen molar-refractivity contribution in [2.75, 3.05) is 6.61 Å². The van der Waals surface area contributed by atoms with Crippen LogP contribution in [0, 0.1) is 0 Å². The second-order valence-corrected chi connectivity index (χ2v) is 11.4. The second-order valence-electron chi connectivity index (χ2n) is 10.2. The van der Waals surface area contributed by atoms with E-state index >= 15 is 0 Å². The van der Waals surface area contributed by atoms with Gasteiger partial charge < -0.3 is 4.74 Å². The summed E-state index contributed by atoms with van der Waals surface area (Å²) in [4.78, 5) is 27.6. The topological polar surface area (TPSA) is 43.4 Å². The molecule has 6 aromatic rings. The maximum absolute atomic E-state index is 13.9. The highest BCUT2D eigenvalue weighted by molar-refractivity contribution is 8.14. The van der Waals surface area contributed by atoms with Crippen molar-refractivity contribution in [3.05, 3.63) is 120 Å². The average Bonchev–Trinajstić information content (AvgIpc) is 2.99. The van der Waals surface area contributed by atoms with E-state index in [4.69, 9.17) is 4.74 Å². The van der Waals surface area contributed by atoms with Crippen LogP contribution in [0.2, 0.25) is 0 Å². The number of hydrogen-bond acceptors (Lipinski definition) is 4. The first-order valence-corrected chi connectivity index (χ1v) is 14.7. The van der Waals surface area contributed by atoms with Crippen LogP contribution in [-0.2, 0) is 4.74 Å². The third-order valence-electron chi connectivity index (χ3n) is 7.50. The van der Waals surface area contributed by atoms with Gasteiger partial charge in [-0.3, -0.25) is 4.79 Å². The van der Waals surface area contributed by atoms with Crippen molar-refractivity contribution in [3.63, 3.8) is 0 Å². The van der Waals surface area contributed by atoms with Crippen LogP contribution in [0.15, 0.2) is 109 Å². The van der Waals surface area contributed by atoms with Crippen molar-refractivity contribution >= 4 is 65.9 Å². The van der Waals surface area contributed by atoms with Crippen LogP contribution in [0.25, 0.3) is 43.1 Å². The Morgan fingerprint density at radius 2 is 1.07 bits per heavy atom. The molecule has 0 radical (unpaired) electrons. The molecule has 0 heterocycles. The molecular weight excluding hydrogens is 512 g/mol. The third-order valence-corrected chi connectivity index (χ3v) is 8.63. The molecule has 0 aliphatic heterocycles. The standard InChI is InChI=1S/C36H30O3S/c1-2-3-16-28(40-36(38)34-31-19-10-6-14-26(31)22-27-15-7-11-20-32(27)34)23-39-35(37)33-29-17-8-4-12-24(29)21-25-13-5-9-18-30(25)33/h4-15,17-22,28H,2-3,16,23H2,1H3/t28-/m1/s1. The van der Waals surface area contributed by atoms with Crippen molar-refractivity contribution in [2.24, 2.45) is 0 Å². The van der Waals surface area contributed by atoms with E-state index in [1.54, 1.807) is 0 Å². The van der Waals surface area contributed by atoms with E-state index in [1.807, 2.05) is 97.1 Å². The van der Waals surface area contributed by atoms with Crippen LogP contribution >= 0.6 is 11.8 Å². The summed E-state index contributed by atoms with van der Waals surface area (Å²) in [5.41, 5.74) is 1.31. The van der Waals surface area contributed by atoms with E-state index in [0.717, 1.165) is 67.9 Å². The van der Waals surface area contributed by atoms with Crippen molar-refractivity contribution < 1.29 is 14.3 Å². The first-order valence-electron chi connectivity index (χ1n) is 13.8. The first kappa shape index (κ1) is 26.1. The average molecular weight is 543 g/mol. The number of benzene rings is 6. The van der Waals surface area contributed by atoms with E-state index in [-0.39, 0.29) is 22.9 Å². The van der Waals surface area contributed by atoms with Crippen molar-refractivity contribution in [2.45, 2.75) is 31.4 Å². The van der Waals surface area contributed by atoms with Gasteiger partial charge in [0.1, 0.15) is 6.61 Å². The van der Waals surface area contributed by atoms with E-state index in [2.05, 4.69) is 19.1 Å². The number of fused-ring (bicyclic) bond motifs is 4. The molecule has 6 rings (SSSR count). The quantitative estimate of drug-likeness (QED) is 0.142. The van der Waals surface area contributed by atoms with Crippen LogP contribution in [-0.4, -0.2) is 22.9 Å². The van der Waals surface area contributed by atoms with E-state index < -0.39 is 0 Å². The Labute approximate surface area is 238 Å². The van der Waals surface area contributed by atoms with Crippen LogP contribution in [0.3, 0.4) is 0 Å². The molecule has 198 valence electrons. The Morgan fingerprint density at radius 1 is 0.650 bits per heavy atom. The summed E-state index contributed by atoms with van der Waals surface area (Å²) >= 11 is 1.30. The lowest BCUT2D eigenvalue weighted by Gasteiger charge is -2.18. The lowest BCUT2D eigenvalue weighted by atomic mass is 9.97. The molecule has 0 unspecified atom stereocenters. The predicted molar refractivity (Wildman–Crippen MR) is 168 cm³/mol. The van der Waals surface area contributed by atoms with Crippen molar-refractivity contribution in [3.8, 4) is 0 Å². The largest absolute Gasteiger partial charge is 0.461 e. The molecule has 0 aliphatic rings. The van der Waals surface area contributed by atoms with E-state index in [0.29, 0.717) is 5.56 Å². The molecular formula is C36H30O3S. The smallest absolute Gasteiger partial charge is 0.339 e. The van der Waals surface area contributed by atoms with Gasteiger partial charge in [-0.15, -0.1) is 0 Å². The molecule has 0 saturated carbocycles. The molecule has 0 amide bonds. The van der Waals surface area contributed by atoms with Crippen LogP contribution in [0.4, 0.5) is 0 Å². The number of carbonyl (C=O) groups is 2. The molecule has 0 spiro atoms. The summed E-state index contributed by atoms with van der Waals surface area (Å²) < 4.78 is 6.00. The lowest BCUT2D eigenvalue weighted by Crippen LogP contribution is -2.19. The fourth-order valence-electron chi connectivity index (χ4n) is 5.53. The Kier molecular flexibility index (Phi) is 7.52. The van der Waals surface area contributed by atoms with Gasteiger partial charge in [0.15, 0.2) is 0 Å². The highest BCUT2D eigenvalue weighted by Gasteiger charge is 2.23. The van der Waals surface area contributed by atoms with Gasteiger partial charge in [-0.25, -0.2) is 4.79 Å². The summed E-state index contributed by atoms with van der Waals surface area (Å²) in [5.74, 6) is -0.349. The highest BCUT2D eigenvalue weighted by Crippen LogP contribution is 2.34. The number of ether oxygens (including phenoxy) is 1. The van der Waals surface area contributed by atoms with Crippen LogP contribution < -0.4 is 0 Å². The minimum atomic E-state index is -0.349. The third kappa shape index (κ3) is 5.07. The lowest BCUT2D eigenvalue weighted by molar-refractivity contribution is 0.0507. The van der Waals surface area contributed by atoms with E-state index in [9.17, 15) is 9.59 Å². The van der Waals surface area contributed by atoms with Crippen LogP contribution in [0.5, 0.6) is 0 Å². The minimum Gasteiger partial charge on any atom is -0.461 e. The molecule has 3 nitrogen and oxygen atoms in total. The molecule has 0 fully saturated rings. The zero-order valence-corrected chi connectivity index (χ0v) is 23.2. The van der Waals surface area contributed by atoms with Gasteiger partial charge in [-0.1, -0.05) is 129 Å². The minimum absolute atomic E-state index is 0.0146. The summed E-state index contributed by atoms with van der Waals surface area (Å²) in [6.45, 7) is 2.31. The van der Waals surface area contributed by atoms with Crippen molar-refractivity contribution in [1.29, 1.82) is 0 Å². The molecule has 40 heavy (non-hydrogen) atoms. The summed E-state index contributed by atoms with van der Waals surface area (Å²) in [6.07, 6.45) is 2.75. The fourth-order valence-corrected chi connectivity index (χ4v) is 6.59. The molecule has 0 saturated heterocycles. The Hall–Kier alpha value is -4.15. The summed E-state index contributed by atoms with van der Waals surface area (Å²) in [5, 5.41) is 7.63. The SMILES string of the molecule is CCCC[C@H](COC(=O)c1c2ccccc2cc2ccccc12)SC(=O)c1c2ccccc2cc2ccccc12. The Bertz CT molecular complexity index is 1770. The monoisotopic (exact) mass is 542 g/mol. The number of unbranched alkanes of at least 4 members (excludes halogenated alkanes) is 1. The molecule has 6 aromatic carbocycles. The van der Waals surface area contributed by atoms with E-state index in [1.165, 1.54) is 11.8 Å². The first-order chi connectivity index (χ1) is 19.6. The predicted octanol–water partition coefficient (Wildman–Crippen LogP) is 9.59. The van der Waals surface area contributed by atoms with Gasteiger partial charge in [0, 0.05) is 10.8 Å². The normalized spacial score (nSPS) is 12.2. The number of rotatable bonds is 8. The van der Waals surface area contributed by atoms with Gasteiger partial charge >= 0.3 is 5.97 Å². The van der Waals surface area contributed by atoms with Gasteiger partial charge in [-0.05, 0) is 61.6 Å². The zero-order chi connectivity index (χ0) is 27.5. The number of esters is 1. The van der Waals surface area contributed by atoms with Gasteiger partial charge in [-0.2, -0.15) is 0 Å². The maximum atomic E-state index is 13.9. The molecule has 0 aliphatic carbocycles. The Morgan fingerprint density at radius 3 is 1.52 bits per heavy atom. The zero-order valence-electron chi connectivity index (χ0n) is 22.4. The molecule has 1 atom stereocenters. The Balaban J connectivity index is 1.30. The second kappa shape index (κ2) is 11.5. The summed E-state index contributed by atoms with van der Waals surface area (Å²) in [6, 6.07) is 36.1. The molecule has 4 heteroatoms. The maximum Gasteiger partial charge on any atom is 0.339 e. The van der Waals surface area contributed by atoms with Gasteiger partial charge in [0.2, 0.25) is 5.12 Å². The number of hydrogen-bond donors (Lipinski definition) is 0. The molecule has 0 bridgehead atoms. The molecule has 0 aromatic heterocycles. The van der Waals surface area contributed by atoms with Crippen molar-refractivity contribution in [1.82, 2.24) is 0 Å². The van der Waals surface area contributed by atoms with Gasteiger partial charge in [0.05, 0.1) is 5.56 Å². The van der Waals surface area contributed by atoms with Gasteiger partial charge in [0.25, 0.3) is 0 Å². The fraction of sp³-hybridized carbons (Fsp3) is 0.167. The number of carbonyl (C=O) groups excluding carboxylic acids is 2. The summed E-state index contributed by atoms with van der Waals surface area (Å²) in [7, 11) is 0. The van der Waals surface area contributed by atoms with Crippen LogP contribution in [0.1, 0.15) is 46.9 Å². The molecule has 0 N–H and O–H groups in total. The highest BCUT2D eigenvalue weighted by atomic mass is 32.2.